The summed E-state index contributed by atoms with van der Waals surface area (Å²) in [7, 11) is 1.41. The summed E-state index contributed by atoms with van der Waals surface area (Å²) in [5.74, 6) is -1.49. The summed E-state index contributed by atoms with van der Waals surface area (Å²) in [4.78, 5) is 34.3. The van der Waals surface area contributed by atoms with Crippen LogP contribution in [-0.4, -0.2) is 24.8 Å². The van der Waals surface area contributed by atoms with Gasteiger partial charge >= 0.3 is 0 Å². The van der Waals surface area contributed by atoms with Gasteiger partial charge in [-0.15, -0.1) is 0 Å². The van der Waals surface area contributed by atoms with Crippen LogP contribution in [-0.2, 0) is 20.7 Å². The lowest BCUT2D eigenvalue weighted by Crippen LogP contribution is -2.36. The molecule has 1 aromatic rings. The minimum absolute atomic E-state index is 0.0450. The first-order valence-electron chi connectivity index (χ1n) is 5.53. The lowest BCUT2D eigenvalue weighted by atomic mass is 9.93. The molecule has 0 radical (unpaired) electrons. The van der Waals surface area contributed by atoms with E-state index in [-0.39, 0.29) is 12.0 Å². The third-order valence-corrected chi connectivity index (χ3v) is 2.70. The van der Waals surface area contributed by atoms with Gasteiger partial charge in [0.15, 0.2) is 0 Å². The number of amides is 3. The number of imide groups is 1. The molecule has 98 valence electrons. The predicted octanol–water partition coefficient (Wildman–Crippen LogP) is -0.0283. The predicted molar refractivity (Wildman–Crippen MR) is 66.8 cm³/mol. The van der Waals surface area contributed by atoms with Gasteiger partial charge in [0.1, 0.15) is 0 Å². The number of nitrogens with two attached hydrogens (primary N) is 1. The Labute approximate surface area is 109 Å². The van der Waals surface area contributed by atoms with E-state index in [2.05, 4.69) is 5.32 Å². The van der Waals surface area contributed by atoms with Crippen LogP contribution in [0.4, 0.5) is 0 Å². The second-order valence-corrected chi connectivity index (χ2v) is 4.07. The van der Waals surface area contributed by atoms with Crippen LogP contribution in [0.3, 0.4) is 0 Å². The topological polar surface area (TPSA) is 98.5 Å². The summed E-state index contributed by atoms with van der Waals surface area (Å²) in [6, 6.07) is 4.78. The van der Waals surface area contributed by atoms with E-state index in [4.69, 9.17) is 10.5 Å². The molecule has 0 aromatic heterocycles. The quantitative estimate of drug-likeness (QED) is 0.453. The fourth-order valence-corrected chi connectivity index (χ4v) is 1.92. The molecule has 1 aromatic carbocycles. The van der Waals surface area contributed by atoms with Crippen molar-refractivity contribution in [1.82, 2.24) is 5.32 Å². The fraction of sp³-hybridized carbons (Fsp3) is 0.154. The number of fused-ring (bicyclic) bond motifs is 1. The van der Waals surface area contributed by atoms with Gasteiger partial charge in [-0.05, 0) is 17.7 Å². The van der Waals surface area contributed by atoms with E-state index >= 15 is 0 Å². The Morgan fingerprint density at radius 1 is 1.32 bits per heavy atom. The number of primary amides is 1. The van der Waals surface area contributed by atoms with E-state index in [1.807, 2.05) is 0 Å². The molecule has 0 saturated heterocycles. The monoisotopic (exact) mass is 260 g/mol. The van der Waals surface area contributed by atoms with Crippen LogP contribution >= 0.6 is 0 Å². The molecule has 2 rings (SSSR count). The molecule has 1 aliphatic rings. The molecule has 3 amide bonds. The maximum atomic E-state index is 11.7. The molecule has 0 atom stereocenters. The number of hydrogen-bond donors (Lipinski definition) is 2. The average Bonchev–Trinajstić information content (AvgIpc) is 2.33. The van der Waals surface area contributed by atoms with Gasteiger partial charge in [-0.3, -0.25) is 19.7 Å². The molecule has 3 N–H and O–H groups in total. The Kier molecular flexibility index (Phi) is 3.33. The maximum absolute atomic E-state index is 11.7. The van der Waals surface area contributed by atoms with Crippen LogP contribution in [0, 0.1) is 0 Å². The molecule has 0 spiro atoms. The third kappa shape index (κ3) is 2.47. The van der Waals surface area contributed by atoms with Crippen molar-refractivity contribution in [2.75, 3.05) is 7.11 Å². The van der Waals surface area contributed by atoms with Crippen LogP contribution in [0.1, 0.15) is 21.5 Å². The number of carbonyl (C=O) groups is 3. The molecular formula is C13H12N2O4. The smallest absolute Gasteiger partial charge is 0.261 e. The van der Waals surface area contributed by atoms with Gasteiger partial charge < -0.3 is 10.5 Å². The lowest BCUT2D eigenvalue weighted by Gasteiger charge is -2.18. The summed E-state index contributed by atoms with van der Waals surface area (Å²) in [5.41, 5.74) is 6.79. The summed E-state index contributed by atoms with van der Waals surface area (Å²) >= 11 is 0. The Hall–Kier alpha value is -2.63. The van der Waals surface area contributed by atoms with Gasteiger partial charge in [-0.25, -0.2) is 0 Å². The van der Waals surface area contributed by atoms with Crippen molar-refractivity contribution in [2.24, 2.45) is 5.73 Å². The second-order valence-electron chi connectivity index (χ2n) is 4.07. The van der Waals surface area contributed by atoms with Crippen molar-refractivity contribution in [1.29, 1.82) is 0 Å². The van der Waals surface area contributed by atoms with Crippen LogP contribution in [0.2, 0.25) is 0 Å². The molecule has 1 heterocycles. The van der Waals surface area contributed by atoms with Crippen LogP contribution in [0.5, 0.6) is 0 Å². The van der Waals surface area contributed by atoms with Crippen LogP contribution < -0.4 is 11.1 Å². The van der Waals surface area contributed by atoms with Crippen molar-refractivity contribution in [3.63, 3.8) is 0 Å². The second kappa shape index (κ2) is 4.93. The summed E-state index contributed by atoms with van der Waals surface area (Å²) < 4.78 is 4.84. The van der Waals surface area contributed by atoms with Crippen molar-refractivity contribution < 1.29 is 19.1 Å². The van der Waals surface area contributed by atoms with Gasteiger partial charge in [-0.2, -0.15) is 0 Å². The number of hydrogen-bond acceptors (Lipinski definition) is 4. The SMILES string of the molecule is COC=C1C(=O)NC(=O)c2ccc(CC(N)=O)cc21. The van der Waals surface area contributed by atoms with Gasteiger partial charge in [0.25, 0.3) is 11.8 Å². The van der Waals surface area contributed by atoms with Crippen molar-refractivity contribution in [3.8, 4) is 0 Å². The molecule has 1 aliphatic heterocycles. The molecule has 6 nitrogen and oxygen atoms in total. The standard InChI is InChI=1S/C13H12N2O4/c1-19-6-10-9-4-7(5-11(14)16)2-3-8(9)12(17)15-13(10)18/h2-4,6H,5H2,1H3,(H2,14,16)(H,15,17,18). The largest absolute Gasteiger partial charge is 0.504 e. The number of carbonyl (C=O) groups excluding carboxylic acids is 3. The first-order valence-corrected chi connectivity index (χ1v) is 5.53. The molecule has 19 heavy (non-hydrogen) atoms. The number of methoxy groups -OCH3 is 1. The van der Waals surface area contributed by atoms with E-state index < -0.39 is 17.7 Å². The Bertz CT molecular complexity index is 605. The minimum atomic E-state index is -0.532. The van der Waals surface area contributed by atoms with Gasteiger partial charge in [-0.1, -0.05) is 6.07 Å². The lowest BCUT2D eigenvalue weighted by molar-refractivity contribution is -0.117. The van der Waals surface area contributed by atoms with E-state index in [0.717, 1.165) is 0 Å². The van der Waals surface area contributed by atoms with Gasteiger partial charge in [0, 0.05) is 11.1 Å². The molecule has 0 fully saturated rings. The molecule has 0 bridgehead atoms. The zero-order chi connectivity index (χ0) is 14.0. The number of rotatable bonds is 3. The van der Waals surface area contributed by atoms with Crippen molar-refractivity contribution in [3.05, 3.63) is 41.2 Å². The first-order chi connectivity index (χ1) is 9.02. The molecule has 0 unspecified atom stereocenters. The maximum Gasteiger partial charge on any atom is 0.261 e. The highest BCUT2D eigenvalue weighted by Gasteiger charge is 2.27. The van der Waals surface area contributed by atoms with Gasteiger partial charge in [0.05, 0.1) is 25.4 Å². The van der Waals surface area contributed by atoms with Crippen molar-refractivity contribution in [2.45, 2.75) is 6.42 Å². The summed E-state index contributed by atoms with van der Waals surface area (Å²) in [6.07, 6.45) is 1.30. The highest BCUT2D eigenvalue weighted by atomic mass is 16.5. The fourth-order valence-electron chi connectivity index (χ4n) is 1.92. The zero-order valence-electron chi connectivity index (χ0n) is 10.2. The number of benzene rings is 1. The molecular weight excluding hydrogens is 248 g/mol. The Morgan fingerprint density at radius 2 is 2.05 bits per heavy atom. The molecule has 0 aliphatic carbocycles. The normalized spacial score (nSPS) is 15.9. The zero-order valence-corrected chi connectivity index (χ0v) is 10.2. The highest BCUT2D eigenvalue weighted by molar-refractivity contribution is 6.30. The Morgan fingerprint density at radius 3 is 2.68 bits per heavy atom. The summed E-state index contributed by atoms with van der Waals surface area (Å²) in [6.45, 7) is 0. The first kappa shape index (κ1) is 12.8. The molecule has 0 saturated carbocycles. The van der Waals surface area contributed by atoms with Crippen LogP contribution in [0.15, 0.2) is 24.5 Å². The Balaban J connectivity index is 2.54. The van der Waals surface area contributed by atoms with E-state index in [1.54, 1.807) is 18.2 Å². The molecule has 6 heteroatoms. The van der Waals surface area contributed by atoms with E-state index in [1.165, 1.54) is 13.4 Å². The highest BCUT2D eigenvalue weighted by Crippen LogP contribution is 2.25. The number of ether oxygens (including phenoxy) is 1. The number of nitrogens with one attached hydrogen (secondary N) is 1. The van der Waals surface area contributed by atoms with E-state index in [9.17, 15) is 14.4 Å². The van der Waals surface area contributed by atoms with Gasteiger partial charge in [0.2, 0.25) is 5.91 Å². The van der Waals surface area contributed by atoms with Crippen LogP contribution in [0.25, 0.3) is 5.57 Å². The third-order valence-electron chi connectivity index (χ3n) is 2.70. The summed E-state index contributed by atoms with van der Waals surface area (Å²) in [5, 5.41) is 2.21. The minimum Gasteiger partial charge on any atom is -0.504 e. The average molecular weight is 260 g/mol. The van der Waals surface area contributed by atoms with E-state index in [0.29, 0.717) is 16.7 Å². The van der Waals surface area contributed by atoms with Crippen molar-refractivity contribution >= 4 is 23.3 Å².